The summed E-state index contributed by atoms with van der Waals surface area (Å²) in [5.74, 6) is -0.865. The maximum absolute atomic E-state index is 10.8. The molecule has 0 aromatic carbocycles. The van der Waals surface area contributed by atoms with Crippen molar-refractivity contribution in [2.45, 2.75) is 46.0 Å². The minimum Gasteiger partial charge on any atom is -0.481 e. The number of hydrogen-bond donors (Lipinski definition) is 1. The highest BCUT2D eigenvalue weighted by Gasteiger charge is 2.15. The molecule has 2 unspecified atom stereocenters. The fraction of sp³-hybridized carbons (Fsp3) is 0.818. The number of carbonyl (C=O) groups excluding carboxylic acids is 1. The Kier molecular flexibility index (Phi) is 7.07. The number of hydrogen-bond acceptors (Lipinski definition) is 2. The van der Waals surface area contributed by atoms with Gasteiger partial charge < -0.3 is 9.90 Å². The predicted molar refractivity (Wildman–Crippen MR) is 55.1 cm³/mol. The van der Waals surface area contributed by atoms with Gasteiger partial charge in [0.05, 0.1) is 5.92 Å². The van der Waals surface area contributed by atoms with Gasteiger partial charge in [-0.15, -0.1) is 0 Å². The summed E-state index contributed by atoms with van der Waals surface area (Å²) < 4.78 is 0. The molecule has 0 aliphatic carbocycles. The number of carbonyl (C=O) groups is 2. The smallest absolute Gasteiger partial charge is 0.306 e. The van der Waals surface area contributed by atoms with Crippen LogP contribution in [-0.4, -0.2) is 17.4 Å². The van der Waals surface area contributed by atoms with Crippen LogP contribution in [0.5, 0.6) is 0 Å². The van der Waals surface area contributed by atoms with E-state index in [1.807, 2.05) is 13.8 Å². The molecule has 0 heterocycles. The molecule has 0 spiro atoms. The van der Waals surface area contributed by atoms with Crippen LogP contribution in [0.3, 0.4) is 0 Å². The Morgan fingerprint density at radius 1 is 1.36 bits per heavy atom. The molecule has 1 N–H and O–H groups in total. The number of aldehydes is 1. The monoisotopic (exact) mass is 200 g/mol. The molecule has 0 aromatic rings. The maximum atomic E-state index is 10.8. The second-order valence-corrected chi connectivity index (χ2v) is 3.87. The first kappa shape index (κ1) is 13.1. The molecule has 2 atom stereocenters. The molecular formula is C11H20O3. The summed E-state index contributed by atoms with van der Waals surface area (Å²) in [6.45, 7) is 3.85. The molecule has 0 amide bonds. The SMILES string of the molecule is CCCC(CCCC(C)C=O)C(=O)O. The van der Waals surface area contributed by atoms with Crippen molar-refractivity contribution in [1.82, 2.24) is 0 Å². The van der Waals surface area contributed by atoms with Crippen molar-refractivity contribution in [3.8, 4) is 0 Å². The molecular weight excluding hydrogens is 180 g/mol. The Morgan fingerprint density at radius 3 is 2.43 bits per heavy atom. The second-order valence-electron chi connectivity index (χ2n) is 3.87. The highest BCUT2D eigenvalue weighted by molar-refractivity contribution is 5.69. The Morgan fingerprint density at radius 2 is 2.00 bits per heavy atom. The van der Waals surface area contributed by atoms with Gasteiger partial charge in [0.15, 0.2) is 0 Å². The molecule has 0 saturated heterocycles. The van der Waals surface area contributed by atoms with Gasteiger partial charge in [0.25, 0.3) is 0 Å². The van der Waals surface area contributed by atoms with Gasteiger partial charge in [0.2, 0.25) is 0 Å². The molecule has 0 radical (unpaired) electrons. The molecule has 3 nitrogen and oxygen atoms in total. The minimum absolute atomic E-state index is 0.0612. The van der Waals surface area contributed by atoms with Gasteiger partial charge in [-0.3, -0.25) is 4.79 Å². The van der Waals surface area contributed by atoms with Crippen LogP contribution in [0.25, 0.3) is 0 Å². The largest absolute Gasteiger partial charge is 0.481 e. The summed E-state index contributed by atoms with van der Waals surface area (Å²) >= 11 is 0. The third-order valence-electron chi connectivity index (χ3n) is 2.43. The fourth-order valence-corrected chi connectivity index (χ4v) is 1.49. The summed E-state index contributed by atoms with van der Waals surface area (Å²) in [4.78, 5) is 21.1. The fourth-order valence-electron chi connectivity index (χ4n) is 1.49. The topological polar surface area (TPSA) is 54.4 Å². The lowest BCUT2D eigenvalue weighted by molar-refractivity contribution is -0.142. The van der Waals surface area contributed by atoms with Crippen molar-refractivity contribution in [1.29, 1.82) is 0 Å². The molecule has 0 saturated carbocycles. The molecule has 0 aromatic heterocycles. The lowest BCUT2D eigenvalue weighted by Gasteiger charge is -2.11. The quantitative estimate of drug-likeness (QED) is 0.612. The third kappa shape index (κ3) is 5.73. The maximum Gasteiger partial charge on any atom is 0.306 e. The van der Waals surface area contributed by atoms with E-state index < -0.39 is 5.97 Å². The van der Waals surface area contributed by atoms with E-state index in [-0.39, 0.29) is 11.8 Å². The van der Waals surface area contributed by atoms with Crippen LogP contribution in [-0.2, 0) is 9.59 Å². The standard InChI is InChI=1S/C11H20O3/c1-3-5-10(11(13)14)7-4-6-9(2)8-12/h8-10H,3-7H2,1-2H3,(H,13,14). The van der Waals surface area contributed by atoms with Gasteiger partial charge in [0, 0.05) is 5.92 Å². The van der Waals surface area contributed by atoms with Crippen molar-refractivity contribution in [3.63, 3.8) is 0 Å². The van der Waals surface area contributed by atoms with Crippen molar-refractivity contribution in [3.05, 3.63) is 0 Å². The molecule has 0 aliphatic rings. The van der Waals surface area contributed by atoms with Gasteiger partial charge in [-0.25, -0.2) is 0 Å². The normalized spacial score (nSPS) is 14.7. The molecule has 3 heteroatoms. The lowest BCUT2D eigenvalue weighted by atomic mass is 9.95. The minimum atomic E-state index is -0.703. The highest BCUT2D eigenvalue weighted by Crippen LogP contribution is 2.16. The Balaban J connectivity index is 3.71. The molecule has 0 bridgehead atoms. The Hall–Kier alpha value is -0.860. The zero-order chi connectivity index (χ0) is 11.0. The van der Waals surface area contributed by atoms with E-state index in [4.69, 9.17) is 5.11 Å². The molecule has 0 rings (SSSR count). The Labute approximate surface area is 85.5 Å². The van der Waals surface area contributed by atoms with E-state index in [9.17, 15) is 9.59 Å². The summed E-state index contributed by atoms with van der Waals surface area (Å²) in [5, 5.41) is 8.86. The van der Waals surface area contributed by atoms with Crippen LogP contribution in [0.4, 0.5) is 0 Å². The summed E-state index contributed by atoms with van der Waals surface area (Å²) in [5.41, 5.74) is 0. The van der Waals surface area contributed by atoms with E-state index in [1.54, 1.807) is 0 Å². The first-order valence-electron chi connectivity index (χ1n) is 5.29. The summed E-state index contributed by atoms with van der Waals surface area (Å²) in [6.07, 6.45) is 4.90. The van der Waals surface area contributed by atoms with Crippen molar-refractivity contribution < 1.29 is 14.7 Å². The number of carboxylic acid groups (broad SMARTS) is 1. The van der Waals surface area contributed by atoms with Crippen LogP contribution in [0.1, 0.15) is 46.0 Å². The van der Waals surface area contributed by atoms with E-state index >= 15 is 0 Å². The van der Waals surface area contributed by atoms with Gasteiger partial charge >= 0.3 is 5.97 Å². The number of aliphatic carboxylic acids is 1. The average Bonchev–Trinajstić information content (AvgIpc) is 2.16. The van der Waals surface area contributed by atoms with Crippen molar-refractivity contribution in [2.75, 3.05) is 0 Å². The van der Waals surface area contributed by atoms with Gasteiger partial charge in [-0.2, -0.15) is 0 Å². The van der Waals surface area contributed by atoms with Crippen LogP contribution >= 0.6 is 0 Å². The van der Waals surface area contributed by atoms with E-state index in [0.717, 1.165) is 32.0 Å². The van der Waals surface area contributed by atoms with Crippen molar-refractivity contribution >= 4 is 12.3 Å². The van der Waals surface area contributed by atoms with E-state index in [2.05, 4.69) is 0 Å². The molecule has 0 fully saturated rings. The van der Waals surface area contributed by atoms with Crippen LogP contribution < -0.4 is 0 Å². The van der Waals surface area contributed by atoms with Crippen LogP contribution in [0, 0.1) is 11.8 Å². The van der Waals surface area contributed by atoms with E-state index in [1.165, 1.54) is 0 Å². The predicted octanol–water partition coefficient (Wildman–Crippen LogP) is 2.49. The third-order valence-corrected chi connectivity index (χ3v) is 2.43. The van der Waals surface area contributed by atoms with Gasteiger partial charge in [0.1, 0.15) is 6.29 Å². The van der Waals surface area contributed by atoms with Gasteiger partial charge in [-0.1, -0.05) is 26.7 Å². The first-order chi connectivity index (χ1) is 6.61. The molecule has 14 heavy (non-hydrogen) atoms. The molecule has 82 valence electrons. The average molecular weight is 200 g/mol. The number of rotatable bonds is 8. The lowest BCUT2D eigenvalue weighted by Crippen LogP contribution is -2.13. The summed E-state index contributed by atoms with van der Waals surface area (Å²) in [6, 6.07) is 0. The first-order valence-corrected chi connectivity index (χ1v) is 5.29. The van der Waals surface area contributed by atoms with Gasteiger partial charge in [-0.05, 0) is 19.3 Å². The zero-order valence-electron chi connectivity index (χ0n) is 9.03. The van der Waals surface area contributed by atoms with Crippen molar-refractivity contribution in [2.24, 2.45) is 11.8 Å². The highest BCUT2D eigenvalue weighted by atomic mass is 16.4. The summed E-state index contributed by atoms with van der Waals surface area (Å²) in [7, 11) is 0. The number of carboxylic acids is 1. The zero-order valence-corrected chi connectivity index (χ0v) is 9.03. The Bertz CT molecular complexity index is 177. The molecule has 0 aliphatic heterocycles. The van der Waals surface area contributed by atoms with E-state index in [0.29, 0.717) is 6.42 Å². The second kappa shape index (κ2) is 7.54. The van der Waals surface area contributed by atoms with Crippen LogP contribution in [0.2, 0.25) is 0 Å². The van der Waals surface area contributed by atoms with Crippen LogP contribution in [0.15, 0.2) is 0 Å².